The number of amides is 1. The quantitative estimate of drug-likeness (QED) is 0.630. The number of piperazine rings is 1. The minimum absolute atomic E-state index is 0.00567. The van der Waals surface area contributed by atoms with Gasteiger partial charge in [0, 0.05) is 44.4 Å². The number of nitrogens with zero attached hydrogens (tertiary/aromatic N) is 2. The molecule has 2 aromatic carbocycles. The van der Waals surface area contributed by atoms with Gasteiger partial charge in [0.25, 0.3) is 0 Å². The summed E-state index contributed by atoms with van der Waals surface area (Å²) in [5, 5.41) is 0. The second kappa shape index (κ2) is 9.44. The summed E-state index contributed by atoms with van der Waals surface area (Å²) in [4.78, 5) is 13.4. The summed E-state index contributed by atoms with van der Waals surface area (Å²) in [6.07, 6.45) is 3.00. The number of hydrogen-bond donors (Lipinski definition) is 0. The molecular formula is C21H22F2N2O5S. The van der Waals surface area contributed by atoms with Crippen molar-refractivity contribution in [3.63, 3.8) is 0 Å². The highest BCUT2D eigenvalue weighted by atomic mass is 32.2. The SMILES string of the molecule is COc1cc(/C=C/C(=O)N2CCN(S(=O)(=O)c3ccc(F)cc3F)CC2)cc(OC)c1. The van der Waals surface area contributed by atoms with E-state index in [-0.39, 0.29) is 32.1 Å². The molecule has 0 radical (unpaired) electrons. The molecule has 166 valence electrons. The lowest BCUT2D eigenvalue weighted by Gasteiger charge is -2.33. The van der Waals surface area contributed by atoms with Gasteiger partial charge in [0.05, 0.1) is 14.2 Å². The standard InChI is InChI=1S/C21H22F2N2O5S/c1-29-17-11-15(12-18(14-17)30-2)3-6-21(26)24-7-9-25(10-8-24)31(27,28)20-5-4-16(22)13-19(20)23/h3-6,11-14H,7-10H2,1-2H3/b6-3+. The first kappa shape index (κ1) is 22.7. The predicted molar refractivity (Wildman–Crippen MR) is 110 cm³/mol. The van der Waals surface area contributed by atoms with Crippen LogP contribution in [0.5, 0.6) is 11.5 Å². The molecule has 1 aliphatic heterocycles. The van der Waals surface area contributed by atoms with Crippen LogP contribution in [-0.2, 0) is 14.8 Å². The lowest BCUT2D eigenvalue weighted by atomic mass is 10.2. The van der Waals surface area contributed by atoms with Crippen LogP contribution in [0, 0.1) is 11.6 Å². The first-order chi connectivity index (χ1) is 14.7. The third kappa shape index (κ3) is 5.20. The normalized spacial score (nSPS) is 15.3. The van der Waals surface area contributed by atoms with Crippen LogP contribution in [0.2, 0.25) is 0 Å². The maximum absolute atomic E-state index is 13.9. The van der Waals surface area contributed by atoms with E-state index in [4.69, 9.17) is 9.47 Å². The van der Waals surface area contributed by atoms with Gasteiger partial charge in [-0.05, 0) is 35.9 Å². The van der Waals surface area contributed by atoms with Crippen molar-refractivity contribution in [1.82, 2.24) is 9.21 Å². The van der Waals surface area contributed by atoms with E-state index in [1.807, 2.05) is 0 Å². The monoisotopic (exact) mass is 452 g/mol. The molecule has 0 N–H and O–H groups in total. The zero-order valence-corrected chi connectivity index (χ0v) is 17.9. The van der Waals surface area contributed by atoms with Crippen LogP contribution < -0.4 is 9.47 Å². The number of halogens is 2. The van der Waals surface area contributed by atoms with Crippen molar-refractivity contribution in [3.05, 3.63) is 59.7 Å². The Morgan fingerprint density at radius 1 is 0.968 bits per heavy atom. The number of ether oxygens (including phenoxy) is 2. The van der Waals surface area contributed by atoms with Crippen LogP contribution in [0.4, 0.5) is 8.78 Å². The van der Waals surface area contributed by atoms with Gasteiger partial charge in [0.1, 0.15) is 28.0 Å². The molecule has 1 heterocycles. The zero-order chi connectivity index (χ0) is 22.6. The Hall–Kier alpha value is -2.98. The minimum Gasteiger partial charge on any atom is -0.497 e. The topological polar surface area (TPSA) is 76.2 Å². The fraction of sp³-hybridized carbons (Fsp3) is 0.286. The van der Waals surface area contributed by atoms with Gasteiger partial charge in [-0.15, -0.1) is 0 Å². The van der Waals surface area contributed by atoms with E-state index in [1.165, 1.54) is 25.2 Å². The summed E-state index contributed by atoms with van der Waals surface area (Å²) in [7, 11) is -1.07. The van der Waals surface area contributed by atoms with Gasteiger partial charge >= 0.3 is 0 Å². The highest BCUT2D eigenvalue weighted by Crippen LogP contribution is 2.24. The molecule has 0 unspecified atom stereocenters. The molecule has 7 nitrogen and oxygen atoms in total. The molecule has 31 heavy (non-hydrogen) atoms. The summed E-state index contributed by atoms with van der Waals surface area (Å²) in [5.74, 6) is -1.12. The smallest absolute Gasteiger partial charge is 0.246 e. The third-order valence-corrected chi connectivity index (χ3v) is 6.79. The van der Waals surface area contributed by atoms with E-state index >= 15 is 0 Å². The van der Waals surface area contributed by atoms with Crippen LogP contribution in [0.1, 0.15) is 5.56 Å². The second-order valence-corrected chi connectivity index (χ2v) is 8.69. The summed E-state index contributed by atoms with van der Waals surface area (Å²) < 4.78 is 63.8. The highest BCUT2D eigenvalue weighted by Gasteiger charge is 2.31. The molecule has 0 aliphatic carbocycles. The molecule has 1 saturated heterocycles. The van der Waals surface area contributed by atoms with Gasteiger partial charge in [-0.3, -0.25) is 4.79 Å². The van der Waals surface area contributed by atoms with Crippen LogP contribution in [-0.4, -0.2) is 63.9 Å². The van der Waals surface area contributed by atoms with Crippen molar-refractivity contribution >= 4 is 22.0 Å². The van der Waals surface area contributed by atoms with Crippen molar-refractivity contribution in [3.8, 4) is 11.5 Å². The fourth-order valence-electron chi connectivity index (χ4n) is 3.17. The molecule has 1 fully saturated rings. The first-order valence-electron chi connectivity index (χ1n) is 9.40. The number of sulfonamides is 1. The number of carbonyl (C=O) groups is 1. The highest BCUT2D eigenvalue weighted by molar-refractivity contribution is 7.89. The van der Waals surface area contributed by atoms with Gasteiger partial charge in [-0.25, -0.2) is 17.2 Å². The van der Waals surface area contributed by atoms with Gasteiger partial charge in [0.2, 0.25) is 15.9 Å². The van der Waals surface area contributed by atoms with Crippen molar-refractivity contribution in [2.75, 3.05) is 40.4 Å². The lowest BCUT2D eigenvalue weighted by molar-refractivity contribution is -0.127. The molecular weight excluding hydrogens is 430 g/mol. The maximum Gasteiger partial charge on any atom is 0.246 e. The number of hydrogen-bond acceptors (Lipinski definition) is 5. The first-order valence-corrected chi connectivity index (χ1v) is 10.8. The maximum atomic E-state index is 13.9. The molecule has 0 bridgehead atoms. The van der Waals surface area contributed by atoms with E-state index in [1.54, 1.807) is 24.3 Å². The van der Waals surface area contributed by atoms with E-state index in [0.717, 1.165) is 16.4 Å². The minimum atomic E-state index is -4.12. The number of carbonyl (C=O) groups excluding carboxylic acids is 1. The zero-order valence-electron chi connectivity index (χ0n) is 17.0. The fourth-order valence-corrected chi connectivity index (χ4v) is 4.64. The number of rotatable bonds is 6. The predicted octanol–water partition coefficient (Wildman–Crippen LogP) is 2.53. The molecule has 0 atom stereocenters. The number of benzene rings is 2. The molecule has 0 saturated carbocycles. The summed E-state index contributed by atoms with van der Waals surface area (Å²) in [6, 6.07) is 7.53. The molecule has 1 aliphatic rings. The van der Waals surface area contributed by atoms with Crippen molar-refractivity contribution in [2.24, 2.45) is 0 Å². The molecule has 3 rings (SSSR count). The molecule has 10 heteroatoms. The lowest BCUT2D eigenvalue weighted by Crippen LogP contribution is -2.50. The summed E-state index contributed by atoms with van der Waals surface area (Å²) in [6.45, 7) is 0.302. The summed E-state index contributed by atoms with van der Waals surface area (Å²) >= 11 is 0. The molecule has 0 aromatic heterocycles. The van der Waals surface area contributed by atoms with Crippen molar-refractivity contribution in [1.29, 1.82) is 0 Å². The van der Waals surface area contributed by atoms with Crippen molar-refractivity contribution < 1.29 is 31.5 Å². The Kier molecular flexibility index (Phi) is 6.91. The third-order valence-electron chi connectivity index (χ3n) is 4.85. The molecule has 1 amide bonds. The van der Waals surface area contributed by atoms with E-state index in [9.17, 15) is 22.0 Å². The van der Waals surface area contributed by atoms with Gasteiger partial charge < -0.3 is 14.4 Å². The van der Waals surface area contributed by atoms with Gasteiger partial charge in [0.15, 0.2) is 0 Å². The Morgan fingerprint density at radius 2 is 1.58 bits per heavy atom. The van der Waals surface area contributed by atoms with E-state index in [0.29, 0.717) is 23.1 Å². The van der Waals surface area contributed by atoms with Crippen LogP contribution in [0.3, 0.4) is 0 Å². The Bertz CT molecular complexity index is 1070. The average Bonchev–Trinajstić information content (AvgIpc) is 2.77. The van der Waals surface area contributed by atoms with Gasteiger partial charge in [-0.1, -0.05) is 0 Å². The summed E-state index contributed by atoms with van der Waals surface area (Å²) in [5.41, 5.74) is 0.706. The van der Waals surface area contributed by atoms with Crippen molar-refractivity contribution in [2.45, 2.75) is 4.90 Å². The van der Waals surface area contributed by atoms with Crippen LogP contribution in [0.15, 0.2) is 47.4 Å². The van der Waals surface area contributed by atoms with E-state index < -0.39 is 26.6 Å². The Morgan fingerprint density at radius 3 is 2.13 bits per heavy atom. The van der Waals surface area contributed by atoms with Crippen LogP contribution in [0.25, 0.3) is 6.08 Å². The molecule has 2 aromatic rings. The van der Waals surface area contributed by atoms with Crippen LogP contribution >= 0.6 is 0 Å². The van der Waals surface area contributed by atoms with Gasteiger partial charge in [-0.2, -0.15) is 4.31 Å². The molecule has 0 spiro atoms. The largest absolute Gasteiger partial charge is 0.497 e. The second-order valence-electron chi connectivity index (χ2n) is 6.78. The van der Waals surface area contributed by atoms with E-state index in [2.05, 4.69) is 0 Å². The Balaban J connectivity index is 1.65. The Labute approximate surface area is 179 Å². The number of methoxy groups -OCH3 is 2. The average molecular weight is 452 g/mol.